The molecule has 2 nitrogen and oxygen atoms in total. The van der Waals surface area contributed by atoms with Crippen molar-refractivity contribution in [3.63, 3.8) is 0 Å². The van der Waals surface area contributed by atoms with E-state index in [1.54, 1.807) is 6.92 Å². The summed E-state index contributed by atoms with van der Waals surface area (Å²) in [5.74, 6) is -0.544. The zero-order valence-corrected chi connectivity index (χ0v) is 9.92. The first kappa shape index (κ1) is 13.3. The Morgan fingerprint density at radius 3 is 2.47 bits per heavy atom. The molecule has 0 fully saturated rings. The highest BCUT2D eigenvalue weighted by Crippen LogP contribution is 2.32. The van der Waals surface area contributed by atoms with Gasteiger partial charge in [-0.15, -0.1) is 0 Å². The summed E-state index contributed by atoms with van der Waals surface area (Å²) < 4.78 is 50.7. The van der Waals surface area contributed by atoms with Gasteiger partial charge < -0.3 is 5.32 Å². The van der Waals surface area contributed by atoms with Gasteiger partial charge in [-0.3, -0.25) is 0 Å². The van der Waals surface area contributed by atoms with Gasteiger partial charge in [0, 0.05) is 5.69 Å². The first-order valence-electron chi connectivity index (χ1n) is 5.44. The molecule has 1 N–H and O–H groups in total. The highest BCUT2D eigenvalue weighted by atomic mass is 19.4. The van der Waals surface area contributed by atoms with Crippen LogP contribution in [0.15, 0.2) is 36.4 Å². The van der Waals surface area contributed by atoms with E-state index in [0.29, 0.717) is 5.56 Å². The zero-order valence-electron chi connectivity index (χ0n) is 9.92. The van der Waals surface area contributed by atoms with Gasteiger partial charge in [0.15, 0.2) is 0 Å². The van der Waals surface area contributed by atoms with E-state index in [0.717, 1.165) is 18.2 Å². The third-order valence-electron chi connectivity index (χ3n) is 2.54. The molecule has 19 heavy (non-hydrogen) atoms. The molecule has 0 aliphatic heterocycles. The Balaban J connectivity index is 2.34. The summed E-state index contributed by atoms with van der Waals surface area (Å²) in [6.07, 6.45) is -4.42. The fraction of sp³-hybridized carbons (Fsp3) is 0.154. The molecular formula is C13H10F4N2. The zero-order chi connectivity index (χ0) is 14.0. The minimum Gasteiger partial charge on any atom is -0.340 e. The van der Waals surface area contributed by atoms with Gasteiger partial charge in [0.1, 0.15) is 5.82 Å². The molecule has 0 aliphatic carbocycles. The number of aromatic nitrogens is 1. The van der Waals surface area contributed by atoms with Gasteiger partial charge in [-0.2, -0.15) is 17.6 Å². The molecule has 1 aromatic carbocycles. The Morgan fingerprint density at radius 2 is 1.84 bits per heavy atom. The van der Waals surface area contributed by atoms with Crippen LogP contribution in [0.2, 0.25) is 0 Å². The second kappa shape index (κ2) is 4.87. The number of halogens is 4. The summed E-state index contributed by atoms with van der Waals surface area (Å²) in [6, 6.07) is 7.38. The number of nitrogens with zero attached hydrogens (tertiary/aromatic N) is 1. The minimum atomic E-state index is -4.42. The lowest BCUT2D eigenvalue weighted by Gasteiger charge is -2.12. The number of anilines is 2. The number of hydrogen-bond acceptors (Lipinski definition) is 2. The summed E-state index contributed by atoms with van der Waals surface area (Å²) in [7, 11) is 0. The number of pyridine rings is 1. The van der Waals surface area contributed by atoms with E-state index in [9.17, 15) is 17.6 Å². The third kappa shape index (κ3) is 3.21. The van der Waals surface area contributed by atoms with E-state index >= 15 is 0 Å². The van der Waals surface area contributed by atoms with Crippen molar-refractivity contribution in [2.45, 2.75) is 13.1 Å². The topological polar surface area (TPSA) is 24.9 Å². The normalized spacial score (nSPS) is 11.4. The van der Waals surface area contributed by atoms with Crippen LogP contribution in [0.4, 0.5) is 29.1 Å². The summed E-state index contributed by atoms with van der Waals surface area (Å²) in [5, 5.41) is 2.67. The Bertz CT molecular complexity index is 593. The predicted molar refractivity (Wildman–Crippen MR) is 63.7 cm³/mol. The molecule has 6 heteroatoms. The SMILES string of the molecule is Cc1ccc(C(F)(F)F)cc1Nc1cccc(F)n1. The van der Waals surface area contributed by atoms with Gasteiger partial charge in [-0.1, -0.05) is 12.1 Å². The van der Waals surface area contributed by atoms with Gasteiger partial charge >= 0.3 is 6.18 Å². The molecular weight excluding hydrogens is 260 g/mol. The highest BCUT2D eigenvalue weighted by Gasteiger charge is 2.30. The van der Waals surface area contributed by atoms with E-state index in [2.05, 4.69) is 10.3 Å². The molecule has 0 amide bonds. The lowest BCUT2D eigenvalue weighted by Crippen LogP contribution is -2.06. The molecule has 0 atom stereocenters. The number of rotatable bonds is 2. The third-order valence-corrected chi connectivity index (χ3v) is 2.54. The van der Waals surface area contributed by atoms with Gasteiger partial charge in [-0.05, 0) is 36.8 Å². The molecule has 0 spiro atoms. The molecule has 0 saturated carbocycles. The summed E-state index contributed by atoms with van der Waals surface area (Å²) in [5.41, 5.74) is 0.0870. The monoisotopic (exact) mass is 270 g/mol. The van der Waals surface area contributed by atoms with Crippen molar-refractivity contribution in [3.8, 4) is 0 Å². The van der Waals surface area contributed by atoms with Crippen molar-refractivity contribution < 1.29 is 17.6 Å². The van der Waals surface area contributed by atoms with Crippen LogP contribution in [0.1, 0.15) is 11.1 Å². The molecule has 0 bridgehead atoms. The molecule has 0 unspecified atom stereocenters. The van der Waals surface area contributed by atoms with Gasteiger partial charge in [0.2, 0.25) is 5.95 Å². The van der Waals surface area contributed by atoms with Crippen molar-refractivity contribution in [2.24, 2.45) is 0 Å². The molecule has 100 valence electrons. The number of aryl methyl sites for hydroxylation is 1. The van der Waals surface area contributed by atoms with Gasteiger partial charge in [0.05, 0.1) is 5.56 Å². The Labute approximate surface area is 107 Å². The van der Waals surface area contributed by atoms with Crippen molar-refractivity contribution >= 4 is 11.5 Å². The van der Waals surface area contributed by atoms with E-state index in [4.69, 9.17) is 0 Å². The van der Waals surface area contributed by atoms with Crippen LogP contribution in [0.3, 0.4) is 0 Å². The molecule has 0 radical (unpaired) electrons. The highest BCUT2D eigenvalue weighted by molar-refractivity contribution is 5.61. The number of nitrogens with one attached hydrogen (secondary N) is 1. The van der Waals surface area contributed by atoms with Crippen LogP contribution in [0, 0.1) is 12.9 Å². The van der Waals surface area contributed by atoms with Crippen LogP contribution in [-0.4, -0.2) is 4.98 Å². The maximum absolute atomic E-state index is 12.9. The quantitative estimate of drug-likeness (QED) is 0.650. The average molecular weight is 270 g/mol. The average Bonchev–Trinajstić information content (AvgIpc) is 2.30. The molecule has 2 rings (SSSR count). The second-order valence-electron chi connectivity index (χ2n) is 4.00. The first-order chi connectivity index (χ1) is 8.86. The maximum Gasteiger partial charge on any atom is 0.416 e. The number of benzene rings is 1. The summed E-state index contributed by atoms with van der Waals surface area (Å²) >= 11 is 0. The van der Waals surface area contributed by atoms with Crippen LogP contribution < -0.4 is 5.32 Å². The summed E-state index contributed by atoms with van der Waals surface area (Å²) in [4.78, 5) is 3.54. The first-order valence-corrected chi connectivity index (χ1v) is 5.44. The van der Waals surface area contributed by atoms with E-state index in [-0.39, 0.29) is 11.5 Å². The van der Waals surface area contributed by atoms with Crippen molar-refractivity contribution in [3.05, 3.63) is 53.5 Å². The van der Waals surface area contributed by atoms with Crippen molar-refractivity contribution in [1.82, 2.24) is 4.98 Å². The Kier molecular flexibility index (Phi) is 3.42. The number of hydrogen-bond donors (Lipinski definition) is 1. The van der Waals surface area contributed by atoms with Crippen LogP contribution >= 0.6 is 0 Å². The Hall–Kier alpha value is -2.11. The standard InChI is InChI=1S/C13H10F4N2/c1-8-5-6-9(13(15,16)17)7-10(8)18-12-4-2-3-11(14)19-12/h2-7H,1H3,(H,18,19). The lowest BCUT2D eigenvalue weighted by atomic mass is 10.1. The van der Waals surface area contributed by atoms with Gasteiger partial charge in [-0.25, -0.2) is 4.98 Å². The lowest BCUT2D eigenvalue weighted by molar-refractivity contribution is -0.137. The van der Waals surface area contributed by atoms with Crippen molar-refractivity contribution in [1.29, 1.82) is 0 Å². The Morgan fingerprint density at radius 1 is 1.11 bits per heavy atom. The molecule has 2 aromatic rings. The molecule has 1 aromatic heterocycles. The van der Waals surface area contributed by atoms with Crippen LogP contribution in [0.25, 0.3) is 0 Å². The van der Waals surface area contributed by atoms with E-state index in [1.165, 1.54) is 18.2 Å². The number of alkyl halides is 3. The summed E-state index contributed by atoms with van der Waals surface area (Å²) in [6.45, 7) is 1.65. The second-order valence-corrected chi connectivity index (χ2v) is 4.00. The molecule has 1 heterocycles. The van der Waals surface area contributed by atoms with Crippen LogP contribution in [-0.2, 0) is 6.18 Å². The predicted octanol–water partition coefficient (Wildman–Crippen LogP) is 4.29. The van der Waals surface area contributed by atoms with E-state index < -0.39 is 17.7 Å². The fourth-order valence-electron chi connectivity index (χ4n) is 1.55. The fourth-order valence-corrected chi connectivity index (χ4v) is 1.55. The minimum absolute atomic E-state index is 0.155. The smallest absolute Gasteiger partial charge is 0.340 e. The molecule has 0 aliphatic rings. The largest absolute Gasteiger partial charge is 0.416 e. The maximum atomic E-state index is 12.9. The van der Waals surface area contributed by atoms with Crippen LogP contribution in [0.5, 0.6) is 0 Å². The van der Waals surface area contributed by atoms with Crippen molar-refractivity contribution in [2.75, 3.05) is 5.32 Å². The van der Waals surface area contributed by atoms with E-state index in [1.807, 2.05) is 0 Å². The van der Waals surface area contributed by atoms with Gasteiger partial charge in [0.25, 0.3) is 0 Å². The molecule has 0 saturated heterocycles.